The maximum atomic E-state index is 12.9. The van der Waals surface area contributed by atoms with E-state index in [2.05, 4.69) is 36.3 Å². The van der Waals surface area contributed by atoms with Crippen LogP contribution in [0.3, 0.4) is 0 Å². The van der Waals surface area contributed by atoms with Gasteiger partial charge in [-0.2, -0.15) is 5.10 Å². The van der Waals surface area contributed by atoms with Crippen LogP contribution in [0.1, 0.15) is 59.9 Å². The summed E-state index contributed by atoms with van der Waals surface area (Å²) in [6.45, 7) is 10.8. The van der Waals surface area contributed by atoms with Crippen molar-refractivity contribution in [3.8, 4) is 0 Å². The van der Waals surface area contributed by atoms with Gasteiger partial charge in [0, 0.05) is 17.2 Å². The van der Waals surface area contributed by atoms with Crippen LogP contribution in [0, 0.1) is 16.7 Å². The van der Waals surface area contributed by atoms with Crippen LogP contribution in [0.25, 0.3) is 10.9 Å². The molecule has 0 radical (unpaired) electrons. The van der Waals surface area contributed by atoms with Gasteiger partial charge in [-0.3, -0.25) is 14.2 Å². The molecule has 7 heteroatoms. The Bertz CT molecular complexity index is 1090. The van der Waals surface area contributed by atoms with E-state index >= 15 is 0 Å². The number of nitrogens with zero attached hydrogens (tertiary/aromatic N) is 3. The number of benzene rings is 1. The smallest absolute Gasteiger partial charge is 0.262 e. The number of amides is 1. The van der Waals surface area contributed by atoms with Gasteiger partial charge < -0.3 is 0 Å². The number of aromatic nitrogens is 2. The second-order valence-corrected chi connectivity index (χ2v) is 10.5. The van der Waals surface area contributed by atoms with Crippen molar-refractivity contribution >= 4 is 34.3 Å². The van der Waals surface area contributed by atoms with E-state index in [9.17, 15) is 9.59 Å². The molecule has 2 aliphatic carbocycles. The Morgan fingerprint density at radius 3 is 2.70 bits per heavy atom. The highest BCUT2D eigenvalue weighted by atomic mass is 32.2. The second kappa shape index (κ2) is 7.52. The number of hydrazone groups is 1. The molecule has 0 aliphatic heterocycles. The summed E-state index contributed by atoms with van der Waals surface area (Å²) < 4.78 is 1.66. The molecule has 2 saturated carbocycles. The average Bonchev–Trinajstić information content (AvgIpc) is 3.03. The average molecular weight is 427 g/mol. The zero-order valence-corrected chi connectivity index (χ0v) is 19.2. The van der Waals surface area contributed by atoms with E-state index in [0.29, 0.717) is 22.0 Å². The van der Waals surface area contributed by atoms with Crippen molar-refractivity contribution in [2.75, 3.05) is 5.75 Å². The Morgan fingerprint density at radius 1 is 1.33 bits per heavy atom. The van der Waals surface area contributed by atoms with Crippen LogP contribution < -0.4 is 11.0 Å². The number of carbonyl (C=O) groups excluding carboxylic acids is 1. The molecule has 4 rings (SSSR count). The SMILES string of the molecule is CC(C)n1c(SCC(=O)N/N=C2\CC3CCC2(C)C3(C)C)nc2ccccc2c1=O. The first-order valence-corrected chi connectivity index (χ1v) is 11.6. The summed E-state index contributed by atoms with van der Waals surface area (Å²) in [6, 6.07) is 7.28. The lowest BCUT2D eigenvalue weighted by atomic mass is 9.70. The number of rotatable bonds is 5. The first kappa shape index (κ1) is 21.1. The molecule has 1 heterocycles. The molecule has 1 aromatic carbocycles. The van der Waals surface area contributed by atoms with Crippen molar-refractivity contribution < 1.29 is 4.79 Å². The summed E-state index contributed by atoms with van der Waals surface area (Å²) in [5, 5.41) is 5.68. The lowest BCUT2D eigenvalue weighted by Crippen LogP contribution is -2.34. The summed E-state index contributed by atoms with van der Waals surface area (Å²) in [5.41, 5.74) is 4.75. The minimum Gasteiger partial charge on any atom is -0.285 e. The zero-order valence-electron chi connectivity index (χ0n) is 18.4. The van der Waals surface area contributed by atoms with Crippen LogP contribution in [0.5, 0.6) is 0 Å². The maximum absolute atomic E-state index is 12.9. The fourth-order valence-corrected chi connectivity index (χ4v) is 5.99. The first-order valence-electron chi connectivity index (χ1n) is 10.6. The molecule has 2 aromatic rings. The predicted octanol–water partition coefficient (Wildman–Crippen LogP) is 4.39. The summed E-state index contributed by atoms with van der Waals surface area (Å²) in [4.78, 5) is 30.1. The predicted molar refractivity (Wildman–Crippen MR) is 122 cm³/mol. The van der Waals surface area contributed by atoms with Gasteiger partial charge in [0.05, 0.1) is 16.7 Å². The summed E-state index contributed by atoms with van der Waals surface area (Å²) in [5.74, 6) is 0.641. The number of carbonyl (C=O) groups is 1. The highest BCUT2D eigenvalue weighted by Gasteiger charge is 2.60. The molecular weight excluding hydrogens is 396 g/mol. The van der Waals surface area contributed by atoms with Crippen molar-refractivity contribution in [1.82, 2.24) is 15.0 Å². The molecule has 160 valence electrons. The molecular formula is C23H30N4O2S. The minimum atomic E-state index is -0.172. The lowest BCUT2D eigenvalue weighted by Gasteiger charge is -2.34. The van der Waals surface area contributed by atoms with Crippen molar-refractivity contribution in [3.63, 3.8) is 0 Å². The van der Waals surface area contributed by atoms with Crippen LogP contribution in [0.15, 0.2) is 39.3 Å². The Labute approximate surface area is 181 Å². The highest BCUT2D eigenvalue weighted by molar-refractivity contribution is 7.99. The number of fused-ring (bicyclic) bond motifs is 3. The standard InChI is InChI=1S/C23H30N4O2S/c1-14(2)27-20(29)16-8-6-7-9-17(16)24-21(27)30-13-19(28)26-25-18-12-15-10-11-23(18,5)22(15,3)4/h6-9,14-15H,10-13H2,1-5H3,(H,26,28)/b25-18+. The first-order chi connectivity index (χ1) is 14.1. The molecule has 0 saturated heterocycles. The number of hydrogen-bond donors (Lipinski definition) is 1. The molecule has 2 unspecified atom stereocenters. The van der Waals surface area contributed by atoms with Crippen molar-refractivity contribution in [1.29, 1.82) is 0 Å². The van der Waals surface area contributed by atoms with E-state index in [1.807, 2.05) is 32.0 Å². The normalized spacial score (nSPS) is 26.1. The molecule has 2 fully saturated rings. The molecule has 30 heavy (non-hydrogen) atoms. The van der Waals surface area contributed by atoms with Gasteiger partial charge in [0.1, 0.15) is 0 Å². The van der Waals surface area contributed by atoms with E-state index in [1.54, 1.807) is 10.6 Å². The quantitative estimate of drug-likeness (QED) is 0.437. The Balaban J connectivity index is 1.49. The van der Waals surface area contributed by atoms with Gasteiger partial charge >= 0.3 is 0 Å². The highest BCUT2D eigenvalue weighted by Crippen LogP contribution is 2.63. The Kier molecular flexibility index (Phi) is 5.29. The van der Waals surface area contributed by atoms with E-state index in [0.717, 1.165) is 18.6 Å². The van der Waals surface area contributed by atoms with Gasteiger partial charge in [-0.05, 0) is 56.6 Å². The lowest BCUT2D eigenvalue weighted by molar-refractivity contribution is -0.118. The minimum absolute atomic E-state index is 0.0448. The topological polar surface area (TPSA) is 76.3 Å². The Hall–Kier alpha value is -2.15. The van der Waals surface area contributed by atoms with Gasteiger partial charge in [0.25, 0.3) is 11.5 Å². The van der Waals surface area contributed by atoms with E-state index in [1.165, 1.54) is 18.2 Å². The molecule has 2 bridgehead atoms. The number of hydrogen-bond acceptors (Lipinski definition) is 5. The fourth-order valence-electron chi connectivity index (χ4n) is 5.07. The van der Waals surface area contributed by atoms with Gasteiger partial charge in [-0.1, -0.05) is 44.7 Å². The number of thioether (sulfide) groups is 1. The number of nitrogens with one attached hydrogen (secondary N) is 1. The van der Waals surface area contributed by atoms with Crippen molar-refractivity contribution in [2.24, 2.45) is 21.8 Å². The summed E-state index contributed by atoms with van der Waals surface area (Å²) in [6.07, 6.45) is 3.35. The molecule has 1 aromatic heterocycles. The zero-order chi connectivity index (χ0) is 21.7. The number of para-hydroxylation sites is 1. The third-order valence-corrected chi connectivity index (χ3v) is 8.40. The van der Waals surface area contributed by atoms with Crippen molar-refractivity contribution in [3.05, 3.63) is 34.6 Å². The van der Waals surface area contributed by atoms with Crippen LogP contribution in [-0.2, 0) is 4.79 Å². The maximum Gasteiger partial charge on any atom is 0.262 e. The monoisotopic (exact) mass is 426 g/mol. The second-order valence-electron chi connectivity index (χ2n) is 9.56. The van der Waals surface area contributed by atoms with Gasteiger partial charge in [-0.15, -0.1) is 0 Å². The molecule has 1 amide bonds. The fraction of sp³-hybridized carbons (Fsp3) is 0.565. The van der Waals surface area contributed by atoms with Gasteiger partial charge in [0.2, 0.25) is 0 Å². The van der Waals surface area contributed by atoms with E-state index < -0.39 is 0 Å². The van der Waals surface area contributed by atoms with Crippen molar-refractivity contribution in [2.45, 2.75) is 65.1 Å². The molecule has 1 N–H and O–H groups in total. The largest absolute Gasteiger partial charge is 0.285 e. The molecule has 0 spiro atoms. The summed E-state index contributed by atoms with van der Waals surface area (Å²) >= 11 is 1.28. The van der Waals surface area contributed by atoms with E-state index in [4.69, 9.17) is 0 Å². The van der Waals surface area contributed by atoms with Gasteiger partial charge in [0.15, 0.2) is 5.16 Å². The van der Waals surface area contributed by atoms with Crippen LogP contribution in [-0.4, -0.2) is 26.9 Å². The molecule has 2 aliphatic rings. The summed E-state index contributed by atoms with van der Waals surface area (Å²) in [7, 11) is 0. The van der Waals surface area contributed by atoms with Gasteiger partial charge in [-0.25, -0.2) is 10.4 Å². The Morgan fingerprint density at radius 2 is 2.07 bits per heavy atom. The van der Waals surface area contributed by atoms with E-state index in [-0.39, 0.29) is 34.1 Å². The molecule has 6 nitrogen and oxygen atoms in total. The third-order valence-electron chi connectivity index (χ3n) is 7.45. The van der Waals surface area contributed by atoms with Crippen LogP contribution in [0.4, 0.5) is 0 Å². The third kappa shape index (κ3) is 3.27. The molecule has 2 atom stereocenters. The van der Waals surface area contributed by atoms with Crippen LogP contribution in [0.2, 0.25) is 0 Å². The van der Waals surface area contributed by atoms with Crippen LogP contribution >= 0.6 is 11.8 Å².